The molecule has 28 heteroatoms. The van der Waals surface area contributed by atoms with Crippen molar-refractivity contribution < 1.29 is 124 Å². The molecule has 4 nitrogen and oxygen atoms in total. The van der Waals surface area contributed by atoms with E-state index in [9.17, 15) is 110 Å². The molecule has 0 amide bonds. The maximum Gasteiger partial charge on any atom is 0.462 e. The molecule has 0 saturated heterocycles. The average molecular weight is 664 g/mol. The summed E-state index contributed by atoms with van der Waals surface area (Å²) in [5, 5.41) is 0. The van der Waals surface area contributed by atoms with Crippen molar-refractivity contribution in [2.75, 3.05) is 0 Å². The molecule has 40 heavy (non-hydrogen) atoms. The molecule has 3 atom stereocenters. The minimum absolute atomic E-state index is 0.953. The van der Waals surface area contributed by atoms with E-state index in [1.807, 2.05) is 0 Å². The minimum atomic E-state index is -8.80. The van der Waals surface area contributed by atoms with Gasteiger partial charge in [0.25, 0.3) is 0 Å². The van der Waals surface area contributed by atoms with E-state index >= 15 is 0 Å². The Morgan fingerprint density at radius 3 is 0.875 bits per heavy atom. The standard InChI is InChI=1S/C12F24O4/c13-1(37)2(14,6(19,20)21)38-11(33,34)4(17,8(25,26)27)40-12(35,36)5(18,9(28,29)30)39-10(31,32)3(15,16)7(22,23)24/t2-,4-,5+/m0/s1. The Labute approximate surface area is 198 Å². The van der Waals surface area contributed by atoms with E-state index in [1.54, 1.807) is 0 Å². The van der Waals surface area contributed by atoms with Crippen molar-refractivity contribution in [2.24, 2.45) is 0 Å². The van der Waals surface area contributed by atoms with Gasteiger partial charge in [0.2, 0.25) is 0 Å². The van der Waals surface area contributed by atoms with Gasteiger partial charge in [-0.25, -0.2) is 0 Å². The fourth-order valence-electron chi connectivity index (χ4n) is 1.66. The van der Waals surface area contributed by atoms with Gasteiger partial charge in [0.1, 0.15) is 0 Å². The molecule has 0 radical (unpaired) electrons. The number of carbonyl (C=O) groups is 1. The van der Waals surface area contributed by atoms with Gasteiger partial charge in [-0.2, -0.15) is 105 Å². The van der Waals surface area contributed by atoms with Gasteiger partial charge in [-0.1, -0.05) is 0 Å². The van der Waals surface area contributed by atoms with E-state index in [1.165, 1.54) is 4.74 Å². The Hall–Kier alpha value is -2.13. The number of carbonyl (C=O) groups excluding carboxylic acids is 1. The minimum Gasteiger partial charge on any atom is -0.263 e. The van der Waals surface area contributed by atoms with Crippen LogP contribution in [0.25, 0.3) is 0 Å². The fourth-order valence-corrected chi connectivity index (χ4v) is 1.66. The van der Waals surface area contributed by atoms with Crippen molar-refractivity contribution in [1.29, 1.82) is 0 Å². The van der Waals surface area contributed by atoms with Crippen molar-refractivity contribution in [3.63, 3.8) is 0 Å². The molecule has 0 aliphatic carbocycles. The van der Waals surface area contributed by atoms with E-state index in [0.29, 0.717) is 0 Å². The Bertz CT molecular complexity index is 928. The summed E-state index contributed by atoms with van der Waals surface area (Å²) in [4.78, 5) is 9.99. The van der Waals surface area contributed by atoms with Crippen LogP contribution >= 0.6 is 0 Å². The predicted molar refractivity (Wildman–Crippen MR) is 64.9 cm³/mol. The highest BCUT2D eigenvalue weighted by molar-refractivity contribution is 5.77. The average Bonchev–Trinajstić information content (AvgIpc) is 2.62. The van der Waals surface area contributed by atoms with E-state index in [-0.39, 0.29) is 0 Å². The molecule has 0 fully saturated rings. The van der Waals surface area contributed by atoms with Crippen LogP contribution in [0.1, 0.15) is 0 Å². The third-order valence-corrected chi connectivity index (χ3v) is 3.62. The Morgan fingerprint density at radius 1 is 0.375 bits per heavy atom. The van der Waals surface area contributed by atoms with E-state index < -0.39 is 72.6 Å². The highest BCUT2D eigenvalue weighted by Gasteiger charge is 2.88. The van der Waals surface area contributed by atoms with Crippen molar-refractivity contribution >= 4 is 6.04 Å². The van der Waals surface area contributed by atoms with Gasteiger partial charge in [0, 0.05) is 0 Å². The number of hydrogen-bond donors (Lipinski definition) is 0. The van der Waals surface area contributed by atoms with Crippen LogP contribution < -0.4 is 0 Å². The summed E-state index contributed by atoms with van der Waals surface area (Å²) in [7, 11) is 0. The first-order valence-corrected chi connectivity index (χ1v) is 7.96. The molecule has 0 rings (SSSR count). The zero-order valence-corrected chi connectivity index (χ0v) is 16.7. The quantitative estimate of drug-likeness (QED) is 0.183. The van der Waals surface area contributed by atoms with Crippen molar-refractivity contribution in [1.82, 2.24) is 0 Å². The number of alkyl halides is 23. The molecular formula is C12F24O4. The van der Waals surface area contributed by atoms with Gasteiger partial charge in [0.05, 0.1) is 0 Å². The number of ether oxygens (including phenoxy) is 3. The van der Waals surface area contributed by atoms with Crippen LogP contribution in [0, 0.1) is 0 Å². The van der Waals surface area contributed by atoms with Gasteiger partial charge in [-0.05, 0) is 0 Å². The highest BCUT2D eigenvalue weighted by atomic mass is 19.4. The van der Waals surface area contributed by atoms with Gasteiger partial charge < -0.3 is 0 Å². The SMILES string of the molecule is O=C(F)[C@](F)(OC(F)(F)[C@@](F)(OC(F)(F)[C@](F)(OC(F)(F)C(F)(F)C(F)(F)F)C(F)(F)F)C(F)(F)F)C(F)(F)F. The number of hydrogen-bond acceptors (Lipinski definition) is 4. The van der Waals surface area contributed by atoms with Gasteiger partial charge in [0.15, 0.2) is 0 Å². The van der Waals surface area contributed by atoms with Crippen LogP contribution in [-0.2, 0) is 19.0 Å². The predicted octanol–water partition coefficient (Wildman–Crippen LogP) is 7.19. The van der Waals surface area contributed by atoms with E-state index in [4.69, 9.17) is 0 Å². The van der Waals surface area contributed by atoms with Crippen molar-refractivity contribution in [3.05, 3.63) is 0 Å². The first-order chi connectivity index (χ1) is 16.8. The molecule has 0 N–H and O–H groups in total. The topological polar surface area (TPSA) is 44.8 Å². The summed E-state index contributed by atoms with van der Waals surface area (Å²) in [6.07, 6.45) is -58.2. The van der Waals surface area contributed by atoms with Crippen molar-refractivity contribution in [3.8, 4) is 0 Å². The molecule has 0 unspecified atom stereocenters. The first-order valence-electron chi connectivity index (χ1n) is 7.96. The van der Waals surface area contributed by atoms with Crippen LogP contribution in [0.5, 0.6) is 0 Å². The third kappa shape index (κ3) is 6.06. The molecule has 0 saturated carbocycles. The molecule has 0 aromatic rings. The Balaban J connectivity index is 7.24. The molecule has 0 bridgehead atoms. The lowest BCUT2D eigenvalue weighted by Gasteiger charge is -2.42. The largest absolute Gasteiger partial charge is 0.462 e. The molecule has 0 aliphatic rings. The summed E-state index contributed by atoms with van der Waals surface area (Å²) in [5.74, 6) is -33.2. The van der Waals surface area contributed by atoms with Crippen LogP contribution in [-0.4, -0.2) is 72.6 Å². The summed E-state index contributed by atoms with van der Waals surface area (Å²) in [6, 6.07) is -5.02. The maximum absolute atomic E-state index is 14.0. The number of halogens is 24. The van der Waals surface area contributed by atoms with Crippen LogP contribution in [0.15, 0.2) is 0 Å². The Morgan fingerprint density at radius 2 is 0.650 bits per heavy atom. The van der Waals surface area contributed by atoms with Gasteiger partial charge in [-0.3, -0.25) is 19.0 Å². The lowest BCUT2D eigenvalue weighted by Crippen LogP contribution is -2.70. The second kappa shape index (κ2) is 9.72. The Kier molecular flexibility index (Phi) is 9.20. The van der Waals surface area contributed by atoms with Crippen LogP contribution in [0.4, 0.5) is 105 Å². The highest BCUT2D eigenvalue weighted by Crippen LogP contribution is 2.59. The summed E-state index contributed by atoms with van der Waals surface area (Å²) < 4.78 is 311. The summed E-state index contributed by atoms with van der Waals surface area (Å²) >= 11 is 0. The molecule has 0 aromatic carbocycles. The van der Waals surface area contributed by atoms with E-state index in [0.717, 1.165) is 9.47 Å². The summed E-state index contributed by atoms with van der Waals surface area (Å²) in [6.45, 7) is 0. The zero-order valence-electron chi connectivity index (χ0n) is 16.7. The molecule has 0 spiro atoms. The second-order valence-electron chi connectivity index (χ2n) is 6.48. The molecule has 0 aromatic heterocycles. The van der Waals surface area contributed by atoms with Gasteiger partial charge in [-0.15, -0.1) is 0 Å². The number of rotatable bonds is 10. The van der Waals surface area contributed by atoms with E-state index in [2.05, 4.69) is 0 Å². The first kappa shape index (κ1) is 37.9. The van der Waals surface area contributed by atoms with Gasteiger partial charge >= 0.3 is 72.6 Å². The molecular weight excluding hydrogens is 664 g/mol. The fraction of sp³-hybridized carbons (Fsp3) is 0.917. The maximum atomic E-state index is 14.0. The van der Waals surface area contributed by atoms with Crippen LogP contribution in [0.2, 0.25) is 0 Å². The molecule has 0 aliphatic heterocycles. The summed E-state index contributed by atoms with van der Waals surface area (Å²) in [5.41, 5.74) is 0. The van der Waals surface area contributed by atoms with Crippen LogP contribution in [0.3, 0.4) is 0 Å². The monoisotopic (exact) mass is 664 g/mol. The zero-order chi connectivity index (χ0) is 33.2. The van der Waals surface area contributed by atoms with Crippen molar-refractivity contribution in [2.45, 2.75) is 66.5 Å². The lowest BCUT2D eigenvalue weighted by atomic mass is 10.2. The normalized spacial score (nSPS) is 20.0. The molecule has 0 heterocycles. The smallest absolute Gasteiger partial charge is 0.263 e. The third-order valence-electron chi connectivity index (χ3n) is 3.62. The second-order valence-corrected chi connectivity index (χ2v) is 6.48. The lowest BCUT2D eigenvalue weighted by molar-refractivity contribution is -0.577. The molecule has 240 valence electrons.